The lowest BCUT2D eigenvalue weighted by Crippen LogP contribution is -2.01. The second-order valence-corrected chi connectivity index (χ2v) is 14.0. The molecule has 0 atom stereocenters. The van der Waals surface area contributed by atoms with Crippen LogP contribution in [0.4, 0.5) is 0 Å². The van der Waals surface area contributed by atoms with Crippen LogP contribution in [-0.4, -0.2) is 13.7 Å². The Labute approximate surface area is 316 Å². The van der Waals surface area contributed by atoms with Crippen LogP contribution in [0.2, 0.25) is 0 Å². The average Bonchev–Trinajstić information content (AvgIpc) is 3.90. The van der Waals surface area contributed by atoms with Crippen molar-refractivity contribution in [3.05, 3.63) is 187 Å². The maximum absolute atomic E-state index is 10.5. The molecule has 11 aromatic rings. The summed E-state index contributed by atoms with van der Waals surface area (Å²) in [5.41, 5.74) is 12.4. The Morgan fingerprint density at radius 3 is 1.40 bits per heavy atom. The Hall–Kier alpha value is -7.86. The minimum atomic E-state index is 0.537. The minimum absolute atomic E-state index is 0.537. The molecular formula is C50H29N5. The van der Waals surface area contributed by atoms with E-state index >= 15 is 0 Å². The molecule has 5 heteroatoms. The predicted molar refractivity (Wildman–Crippen MR) is 224 cm³/mol. The molecule has 0 aliphatic carbocycles. The number of rotatable bonds is 4. The maximum Gasteiger partial charge on any atom is 0.101 e. The lowest BCUT2D eigenvalue weighted by molar-refractivity contribution is 1.13. The highest BCUT2D eigenvalue weighted by Gasteiger charge is 2.21. The van der Waals surface area contributed by atoms with Gasteiger partial charge in [0, 0.05) is 38.0 Å². The molecule has 11 rings (SSSR count). The van der Waals surface area contributed by atoms with Gasteiger partial charge in [-0.3, -0.25) is 0 Å². The number of nitrogens with zero attached hydrogens (tertiary/aromatic N) is 5. The van der Waals surface area contributed by atoms with Crippen molar-refractivity contribution in [3.8, 4) is 40.3 Å². The zero-order valence-electron chi connectivity index (χ0n) is 29.5. The molecule has 0 aliphatic rings. The molecule has 0 N–H and O–H groups in total. The Bertz CT molecular complexity index is 3400. The molecule has 0 radical (unpaired) electrons. The van der Waals surface area contributed by atoms with E-state index in [9.17, 15) is 10.5 Å². The average molecular weight is 700 g/mol. The molecule has 0 saturated carbocycles. The topological polar surface area (TPSA) is 62.4 Å². The lowest BCUT2D eigenvalue weighted by Gasteiger charge is -2.15. The molecule has 0 unspecified atom stereocenters. The van der Waals surface area contributed by atoms with Crippen LogP contribution >= 0.6 is 0 Å². The molecule has 0 amide bonds. The van der Waals surface area contributed by atoms with Crippen LogP contribution in [-0.2, 0) is 0 Å². The SMILES string of the molecule is N#Cc1cc(-c2ccc(-n3c4ccccc4c4cccc(-n5c6ccccc6c6ccccc65)c43)cc2)ccc1-n1c2ccccc2c2cccc(C#N)c21. The predicted octanol–water partition coefficient (Wildman–Crippen LogP) is 12.4. The van der Waals surface area contributed by atoms with Gasteiger partial charge in [-0.05, 0) is 71.8 Å². The fourth-order valence-corrected chi connectivity index (χ4v) is 8.79. The van der Waals surface area contributed by atoms with E-state index in [1.54, 1.807) is 0 Å². The van der Waals surface area contributed by atoms with Gasteiger partial charge < -0.3 is 13.7 Å². The molecular weight excluding hydrogens is 671 g/mol. The van der Waals surface area contributed by atoms with Gasteiger partial charge in [-0.25, -0.2) is 0 Å². The molecule has 3 aromatic heterocycles. The fourth-order valence-electron chi connectivity index (χ4n) is 8.79. The number of aromatic nitrogens is 3. The van der Waals surface area contributed by atoms with Gasteiger partial charge in [0.25, 0.3) is 0 Å². The summed E-state index contributed by atoms with van der Waals surface area (Å²) < 4.78 is 6.84. The molecule has 8 aromatic carbocycles. The van der Waals surface area contributed by atoms with Crippen molar-refractivity contribution in [1.82, 2.24) is 13.7 Å². The van der Waals surface area contributed by atoms with Crippen molar-refractivity contribution in [2.75, 3.05) is 0 Å². The standard InChI is InChI=1S/C50H29N5/c51-30-34-11-9-16-41-39-14-4-8-21-47(39)55(49(34)41)43-28-25-33(29-35(43)31-52)32-23-26-36(27-24-32)53-44-18-5-3-15-40(44)42-17-10-22-48(50(42)53)54-45-19-6-1-12-37(45)38-13-2-7-20-46(38)54/h1-29H. The Morgan fingerprint density at radius 2 is 0.800 bits per heavy atom. The Balaban J connectivity index is 1.08. The van der Waals surface area contributed by atoms with Crippen molar-refractivity contribution in [2.45, 2.75) is 0 Å². The van der Waals surface area contributed by atoms with Crippen molar-refractivity contribution in [1.29, 1.82) is 10.5 Å². The molecule has 0 bridgehead atoms. The highest BCUT2D eigenvalue weighted by molar-refractivity contribution is 6.15. The highest BCUT2D eigenvalue weighted by atomic mass is 15.1. The summed E-state index contributed by atoms with van der Waals surface area (Å²) in [7, 11) is 0. The quantitative estimate of drug-likeness (QED) is 0.184. The third-order valence-corrected chi connectivity index (χ3v) is 11.1. The van der Waals surface area contributed by atoms with Crippen LogP contribution in [0.3, 0.4) is 0 Å². The molecule has 0 saturated heterocycles. The van der Waals surface area contributed by atoms with Crippen LogP contribution in [0.15, 0.2) is 176 Å². The van der Waals surface area contributed by atoms with Crippen molar-refractivity contribution < 1.29 is 0 Å². The van der Waals surface area contributed by atoms with E-state index in [0.29, 0.717) is 11.1 Å². The van der Waals surface area contributed by atoms with E-state index in [1.807, 2.05) is 48.5 Å². The summed E-state index contributed by atoms with van der Waals surface area (Å²) in [4.78, 5) is 0. The largest absolute Gasteiger partial charge is 0.307 e. The van der Waals surface area contributed by atoms with Crippen molar-refractivity contribution in [3.63, 3.8) is 0 Å². The summed E-state index contributed by atoms with van der Waals surface area (Å²) in [5.74, 6) is 0. The zero-order valence-corrected chi connectivity index (χ0v) is 29.5. The van der Waals surface area contributed by atoms with E-state index in [-0.39, 0.29) is 0 Å². The van der Waals surface area contributed by atoms with Gasteiger partial charge in [0.2, 0.25) is 0 Å². The number of fused-ring (bicyclic) bond motifs is 9. The van der Waals surface area contributed by atoms with Crippen LogP contribution in [0.5, 0.6) is 0 Å². The van der Waals surface area contributed by atoms with Gasteiger partial charge in [-0.2, -0.15) is 10.5 Å². The first-order valence-electron chi connectivity index (χ1n) is 18.3. The van der Waals surface area contributed by atoms with Gasteiger partial charge in [-0.1, -0.05) is 115 Å². The van der Waals surface area contributed by atoms with Gasteiger partial charge in [0.15, 0.2) is 0 Å². The minimum Gasteiger partial charge on any atom is -0.307 e. The Kier molecular flexibility index (Phi) is 6.61. The van der Waals surface area contributed by atoms with E-state index in [1.165, 1.54) is 32.6 Å². The first-order valence-corrected chi connectivity index (χ1v) is 18.3. The van der Waals surface area contributed by atoms with E-state index < -0.39 is 0 Å². The van der Waals surface area contributed by atoms with Crippen molar-refractivity contribution in [2.24, 2.45) is 0 Å². The van der Waals surface area contributed by atoms with Gasteiger partial charge >= 0.3 is 0 Å². The summed E-state index contributed by atoms with van der Waals surface area (Å²) in [6.45, 7) is 0. The van der Waals surface area contributed by atoms with Crippen LogP contribution < -0.4 is 0 Å². The lowest BCUT2D eigenvalue weighted by atomic mass is 10.0. The second kappa shape index (κ2) is 11.8. The van der Waals surface area contributed by atoms with Crippen LogP contribution in [0.1, 0.15) is 11.1 Å². The zero-order chi connectivity index (χ0) is 36.6. The van der Waals surface area contributed by atoms with Gasteiger partial charge in [0.05, 0.1) is 55.6 Å². The number of benzene rings is 8. The summed E-state index contributed by atoms with van der Waals surface area (Å²) >= 11 is 0. The normalized spacial score (nSPS) is 11.6. The van der Waals surface area contributed by atoms with Gasteiger partial charge in [-0.15, -0.1) is 0 Å². The fraction of sp³-hybridized carbons (Fsp3) is 0. The number of hydrogen-bond acceptors (Lipinski definition) is 2. The van der Waals surface area contributed by atoms with Crippen LogP contribution in [0.25, 0.3) is 93.6 Å². The highest BCUT2D eigenvalue weighted by Crippen LogP contribution is 2.40. The molecule has 254 valence electrons. The number of hydrogen-bond donors (Lipinski definition) is 0. The number of para-hydroxylation sites is 6. The first kappa shape index (κ1) is 30.7. The van der Waals surface area contributed by atoms with Gasteiger partial charge in [0.1, 0.15) is 12.1 Å². The Morgan fingerprint density at radius 1 is 0.327 bits per heavy atom. The summed E-state index contributed by atoms with van der Waals surface area (Å²) in [5, 5.41) is 27.5. The molecule has 55 heavy (non-hydrogen) atoms. The molecule has 3 heterocycles. The van der Waals surface area contributed by atoms with Crippen LogP contribution in [0, 0.1) is 22.7 Å². The summed E-state index contributed by atoms with van der Waals surface area (Å²) in [6, 6.07) is 66.0. The summed E-state index contributed by atoms with van der Waals surface area (Å²) in [6.07, 6.45) is 0. The molecule has 0 fully saturated rings. The molecule has 0 spiro atoms. The third-order valence-electron chi connectivity index (χ3n) is 11.1. The monoisotopic (exact) mass is 699 g/mol. The van der Waals surface area contributed by atoms with Crippen molar-refractivity contribution >= 4 is 65.4 Å². The van der Waals surface area contributed by atoms with E-state index in [2.05, 4.69) is 153 Å². The smallest absolute Gasteiger partial charge is 0.101 e. The maximum atomic E-state index is 10.5. The third kappa shape index (κ3) is 4.39. The van der Waals surface area contributed by atoms with E-state index in [0.717, 1.165) is 61.0 Å². The number of nitriles is 2. The molecule has 0 aliphatic heterocycles. The second-order valence-electron chi connectivity index (χ2n) is 14.0. The molecule has 5 nitrogen and oxygen atoms in total. The van der Waals surface area contributed by atoms with E-state index in [4.69, 9.17) is 0 Å². The first-order chi connectivity index (χ1) is 27.2.